The Hall–Kier alpha value is -4.02. The number of aliphatic hydroxyl groups excluding tert-OH is 1. The van der Waals surface area contributed by atoms with Gasteiger partial charge in [-0.2, -0.15) is 0 Å². The van der Waals surface area contributed by atoms with Crippen molar-refractivity contribution in [2.75, 3.05) is 39.6 Å². The van der Waals surface area contributed by atoms with E-state index in [-0.39, 0.29) is 25.7 Å². The normalized spacial score (nSPS) is 14.5. The summed E-state index contributed by atoms with van der Waals surface area (Å²) >= 11 is 0. The molecule has 0 spiro atoms. The summed E-state index contributed by atoms with van der Waals surface area (Å²) in [5, 5.41) is 10.6. The van der Waals surface area contributed by atoms with E-state index in [0.717, 1.165) is 116 Å². The summed E-state index contributed by atoms with van der Waals surface area (Å²) < 4.78 is 68.4. The maximum Gasteiger partial charge on any atom is 0.472 e. The molecule has 17 nitrogen and oxygen atoms in total. The van der Waals surface area contributed by atoms with E-state index in [1.807, 2.05) is 0 Å². The highest BCUT2D eigenvalue weighted by Gasteiger charge is 2.30. The Labute approximate surface area is 595 Å². The summed E-state index contributed by atoms with van der Waals surface area (Å²) in [4.78, 5) is 72.8. The van der Waals surface area contributed by atoms with Crippen molar-refractivity contribution in [3.05, 3.63) is 97.2 Å². The lowest BCUT2D eigenvalue weighted by molar-refractivity contribution is -0.161. The van der Waals surface area contributed by atoms with Crippen LogP contribution >= 0.6 is 15.6 Å². The molecular formula is C79H138O17P2. The van der Waals surface area contributed by atoms with E-state index in [1.165, 1.54) is 122 Å². The van der Waals surface area contributed by atoms with Gasteiger partial charge in [0.05, 0.1) is 26.4 Å². The summed E-state index contributed by atoms with van der Waals surface area (Å²) in [7, 11) is -9.97. The maximum absolute atomic E-state index is 13.1. The Balaban J connectivity index is 5.39. The highest BCUT2D eigenvalue weighted by atomic mass is 31.2. The molecule has 0 bridgehead atoms. The molecule has 566 valence electrons. The molecule has 0 aromatic rings. The molecule has 98 heavy (non-hydrogen) atoms. The monoisotopic (exact) mass is 1420 g/mol. The number of unbranched alkanes of at least 4 members (excludes halogenated alkanes) is 30. The van der Waals surface area contributed by atoms with Gasteiger partial charge in [-0.05, 0) is 103 Å². The third-order valence-electron chi connectivity index (χ3n) is 16.1. The van der Waals surface area contributed by atoms with Crippen LogP contribution in [0, 0.1) is 0 Å². The van der Waals surface area contributed by atoms with Crippen molar-refractivity contribution in [2.45, 2.75) is 341 Å². The molecule has 19 heteroatoms. The van der Waals surface area contributed by atoms with E-state index in [9.17, 15) is 43.2 Å². The molecule has 0 aliphatic carbocycles. The van der Waals surface area contributed by atoms with Crippen LogP contribution in [0.1, 0.15) is 323 Å². The summed E-state index contributed by atoms with van der Waals surface area (Å²) in [6.45, 7) is 4.58. The molecule has 0 radical (unpaired) electrons. The van der Waals surface area contributed by atoms with Crippen LogP contribution in [0.5, 0.6) is 0 Å². The van der Waals surface area contributed by atoms with Gasteiger partial charge < -0.3 is 33.8 Å². The molecular weight excluding hydrogens is 1280 g/mol. The third kappa shape index (κ3) is 70.4. The fourth-order valence-corrected chi connectivity index (χ4v) is 11.8. The third-order valence-corrected chi connectivity index (χ3v) is 18.0. The van der Waals surface area contributed by atoms with Crippen LogP contribution in [0.15, 0.2) is 97.2 Å². The van der Waals surface area contributed by atoms with Crippen LogP contribution in [0.4, 0.5) is 0 Å². The van der Waals surface area contributed by atoms with Crippen LogP contribution in [0.2, 0.25) is 0 Å². The zero-order valence-electron chi connectivity index (χ0n) is 61.7. The zero-order valence-corrected chi connectivity index (χ0v) is 63.5. The molecule has 3 N–H and O–H groups in total. The van der Waals surface area contributed by atoms with Crippen molar-refractivity contribution in [2.24, 2.45) is 0 Å². The van der Waals surface area contributed by atoms with Crippen molar-refractivity contribution in [3.8, 4) is 0 Å². The Kier molecular flexibility index (Phi) is 68.4. The molecule has 0 saturated heterocycles. The molecule has 0 aromatic carbocycles. The van der Waals surface area contributed by atoms with Gasteiger partial charge in [-0.3, -0.25) is 37.3 Å². The van der Waals surface area contributed by atoms with E-state index in [4.69, 9.17) is 37.0 Å². The van der Waals surface area contributed by atoms with Crippen molar-refractivity contribution >= 4 is 39.5 Å². The number of esters is 4. The average Bonchev–Trinajstić information content (AvgIpc) is 1.04. The second-order valence-electron chi connectivity index (χ2n) is 25.5. The van der Waals surface area contributed by atoms with Gasteiger partial charge in [0.1, 0.15) is 19.3 Å². The molecule has 0 aliphatic rings. The van der Waals surface area contributed by atoms with Gasteiger partial charge in [0, 0.05) is 25.7 Å². The Bertz CT molecular complexity index is 2240. The first-order valence-electron chi connectivity index (χ1n) is 38.5. The molecule has 0 rings (SSSR count). The fraction of sp³-hybridized carbons (Fsp3) is 0.747. The predicted molar refractivity (Wildman–Crippen MR) is 399 cm³/mol. The maximum atomic E-state index is 13.1. The molecule has 5 atom stereocenters. The van der Waals surface area contributed by atoms with E-state index in [2.05, 4.69) is 125 Å². The van der Waals surface area contributed by atoms with Crippen LogP contribution < -0.4 is 0 Å². The number of ether oxygens (including phenoxy) is 4. The smallest absolute Gasteiger partial charge is 0.462 e. The van der Waals surface area contributed by atoms with Crippen LogP contribution in [0.3, 0.4) is 0 Å². The lowest BCUT2D eigenvalue weighted by atomic mass is 10.0. The number of phosphoric acid groups is 2. The summed E-state index contributed by atoms with van der Waals surface area (Å²) in [6, 6.07) is 0. The van der Waals surface area contributed by atoms with Gasteiger partial charge in [0.2, 0.25) is 0 Å². The Morgan fingerprint density at radius 3 is 0.816 bits per heavy atom. The minimum absolute atomic E-state index is 0.0333. The number of aliphatic hydroxyl groups is 1. The molecule has 0 heterocycles. The molecule has 0 amide bonds. The van der Waals surface area contributed by atoms with Gasteiger partial charge in [-0.15, -0.1) is 0 Å². The minimum Gasteiger partial charge on any atom is -0.462 e. The zero-order chi connectivity index (χ0) is 71.8. The number of hydrogen-bond acceptors (Lipinski definition) is 15. The highest BCUT2D eigenvalue weighted by molar-refractivity contribution is 7.47. The number of carbonyl (C=O) groups is 4. The quantitative estimate of drug-likeness (QED) is 0.0169. The van der Waals surface area contributed by atoms with Crippen molar-refractivity contribution in [1.82, 2.24) is 0 Å². The van der Waals surface area contributed by atoms with Gasteiger partial charge in [-0.1, -0.05) is 292 Å². The lowest BCUT2D eigenvalue weighted by Crippen LogP contribution is -2.30. The standard InChI is InChI=1S/C79H138O17P2/c1-5-9-13-17-21-25-29-33-36-40-43-47-51-55-59-63-76(81)89-69-74(95-78(83)65-61-57-53-49-45-39-32-28-24-20-16-12-8-4)71-93-97(85,86)91-67-73(80)68-92-98(87,88)94-72-75(96-79(84)66-62-58-54-50-46-42-38-35-31-27-23-19-15-11-7-3)70-90-77(82)64-60-56-52-48-44-41-37-34-30-26-22-18-14-10-6-2/h10-11,14-15,22-23,26-27,34-35,37-38,44,46,48,50,73-75,80H,5-9,12-13,16-21,24-25,28-33,36,39-43,45,47,49,51-72H2,1-4H3,(H,85,86)(H,87,88)/b14-10-,15-11-,26-22-,27-23-,37-34-,38-35-,48-44-,50-46-. The molecule has 0 aromatic heterocycles. The van der Waals surface area contributed by atoms with Crippen molar-refractivity contribution in [1.29, 1.82) is 0 Å². The van der Waals surface area contributed by atoms with Crippen molar-refractivity contribution in [3.63, 3.8) is 0 Å². The number of hydrogen-bond donors (Lipinski definition) is 3. The summed E-state index contributed by atoms with van der Waals surface area (Å²) in [6.07, 6.45) is 74.1. The first-order valence-corrected chi connectivity index (χ1v) is 41.5. The van der Waals surface area contributed by atoms with Crippen LogP contribution in [-0.2, 0) is 65.4 Å². The fourth-order valence-electron chi connectivity index (χ4n) is 10.3. The van der Waals surface area contributed by atoms with E-state index < -0.39 is 97.5 Å². The van der Waals surface area contributed by atoms with E-state index in [0.29, 0.717) is 32.1 Å². The van der Waals surface area contributed by atoms with E-state index >= 15 is 0 Å². The van der Waals surface area contributed by atoms with Gasteiger partial charge in [-0.25, -0.2) is 9.13 Å². The lowest BCUT2D eigenvalue weighted by Gasteiger charge is -2.21. The Morgan fingerprint density at radius 1 is 0.296 bits per heavy atom. The SMILES string of the molecule is CC/C=C\C/C=C\C/C=C\C/C=C\CCCCC(=O)OCC(COP(=O)(O)OCC(O)COP(=O)(O)OCC(COC(=O)CCCCCCCCCCCCCCCCC)OC(=O)CCCCCCCCCCCCCCC)OC(=O)CCCC/C=C\C/C=C\C/C=C\C/C=C\CC. The second-order valence-corrected chi connectivity index (χ2v) is 28.5. The number of phosphoric ester groups is 2. The molecule has 0 saturated carbocycles. The summed E-state index contributed by atoms with van der Waals surface area (Å²) in [5.74, 6) is -2.25. The number of rotatable bonds is 72. The van der Waals surface area contributed by atoms with Gasteiger partial charge in [0.15, 0.2) is 12.2 Å². The first kappa shape index (κ1) is 94.0. The molecule has 0 aliphatic heterocycles. The largest absolute Gasteiger partial charge is 0.472 e. The van der Waals surface area contributed by atoms with Crippen LogP contribution in [0.25, 0.3) is 0 Å². The number of carbonyl (C=O) groups excluding carboxylic acids is 4. The molecule has 0 fully saturated rings. The first-order chi connectivity index (χ1) is 47.7. The summed E-state index contributed by atoms with van der Waals surface area (Å²) in [5.41, 5.74) is 0. The molecule has 5 unspecified atom stereocenters. The second kappa shape index (κ2) is 71.4. The topological polar surface area (TPSA) is 237 Å². The highest BCUT2D eigenvalue weighted by Crippen LogP contribution is 2.45. The average molecular weight is 1420 g/mol. The Morgan fingerprint density at radius 2 is 0.531 bits per heavy atom. The van der Waals surface area contributed by atoms with Crippen molar-refractivity contribution < 1.29 is 80.2 Å². The van der Waals surface area contributed by atoms with E-state index in [1.54, 1.807) is 0 Å². The minimum atomic E-state index is -4.99. The van der Waals surface area contributed by atoms with Gasteiger partial charge in [0.25, 0.3) is 0 Å². The van der Waals surface area contributed by atoms with Gasteiger partial charge >= 0.3 is 39.5 Å². The van der Waals surface area contributed by atoms with Crippen LogP contribution in [-0.4, -0.2) is 96.7 Å². The number of allylic oxidation sites excluding steroid dienone is 16. The predicted octanol–water partition coefficient (Wildman–Crippen LogP) is 22.0.